The van der Waals surface area contributed by atoms with Crippen molar-refractivity contribution >= 4 is 34.3 Å². The number of para-hydroxylation sites is 2. The number of fused-ring (bicyclic) bond motifs is 1. The molecule has 0 bridgehead atoms. The molecule has 0 aliphatic heterocycles. The molecule has 1 N–H and O–H groups in total. The van der Waals surface area contributed by atoms with Crippen LogP contribution in [-0.4, -0.2) is 21.6 Å². The smallest absolute Gasteiger partial charge is 0.234 e. The van der Waals surface area contributed by atoms with Gasteiger partial charge in [-0.15, -0.1) is 0 Å². The van der Waals surface area contributed by atoms with E-state index in [2.05, 4.69) is 31.1 Å². The summed E-state index contributed by atoms with van der Waals surface area (Å²) in [4.78, 5) is 21.8. The third kappa shape index (κ3) is 4.22. The van der Waals surface area contributed by atoms with Crippen LogP contribution in [0.3, 0.4) is 0 Å². The van der Waals surface area contributed by atoms with Crippen molar-refractivity contribution in [3.05, 3.63) is 59.9 Å². The van der Waals surface area contributed by atoms with Crippen LogP contribution in [0.2, 0.25) is 0 Å². The van der Waals surface area contributed by atoms with Gasteiger partial charge in [-0.2, -0.15) is 0 Å². The highest BCUT2D eigenvalue weighted by atomic mass is 32.2. The minimum atomic E-state index is -0.150. The third-order valence-electron chi connectivity index (χ3n) is 4.00. The number of nitrogens with zero attached hydrogens (tertiary/aromatic N) is 2. The van der Waals surface area contributed by atoms with Crippen molar-refractivity contribution in [2.24, 2.45) is 0 Å². The largest absolute Gasteiger partial charge is 0.325 e. The number of hydrogen-bond donors (Lipinski definition) is 1. The average Bonchev–Trinajstić information content (AvgIpc) is 2.60. The topological polar surface area (TPSA) is 54.9 Å². The van der Waals surface area contributed by atoms with E-state index < -0.39 is 0 Å². The van der Waals surface area contributed by atoms with Crippen LogP contribution in [0.1, 0.15) is 32.2 Å². The van der Waals surface area contributed by atoms with Gasteiger partial charge >= 0.3 is 0 Å². The van der Waals surface area contributed by atoms with Crippen molar-refractivity contribution in [2.75, 3.05) is 11.1 Å². The van der Waals surface area contributed by atoms with Gasteiger partial charge < -0.3 is 5.32 Å². The van der Waals surface area contributed by atoms with Crippen LogP contribution in [0.4, 0.5) is 5.69 Å². The van der Waals surface area contributed by atoms with E-state index in [1.54, 1.807) is 0 Å². The van der Waals surface area contributed by atoms with Gasteiger partial charge in [-0.25, -0.2) is 9.97 Å². The summed E-state index contributed by atoms with van der Waals surface area (Å²) in [5, 5.41) is 4.80. The number of carbonyl (C=O) groups excluding carboxylic acids is 1. The fraction of sp³-hybridized carbons (Fsp3) is 0.286. The Hall–Kier alpha value is -2.40. The molecule has 0 saturated heterocycles. The Balaban J connectivity index is 1.82. The normalized spacial score (nSPS) is 11.5. The summed E-state index contributed by atoms with van der Waals surface area (Å²) in [6.45, 7) is 8.26. The lowest BCUT2D eigenvalue weighted by Gasteiger charge is -2.18. The fourth-order valence-corrected chi connectivity index (χ4v) is 3.35. The second kappa shape index (κ2) is 7.46. The molecule has 0 saturated carbocycles. The van der Waals surface area contributed by atoms with Gasteiger partial charge in [0.25, 0.3) is 0 Å². The summed E-state index contributed by atoms with van der Waals surface area (Å²) < 4.78 is 0. The molecule has 0 radical (unpaired) electrons. The molecule has 0 fully saturated rings. The van der Waals surface area contributed by atoms with Crippen molar-refractivity contribution in [2.45, 2.75) is 38.1 Å². The zero-order chi connectivity index (χ0) is 18.7. The number of nitrogens with one attached hydrogen (secondary N) is 1. The molecule has 0 aliphatic rings. The lowest BCUT2D eigenvalue weighted by Crippen LogP contribution is -2.17. The summed E-state index contributed by atoms with van der Waals surface area (Å²) in [6.07, 6.45) is 0. The van der Waals surface area contributed by atoms with Crippen LogP contribution >= 0.6 is 11.8 Å². The van der Waals surface area contributed by atoms with Crippen molar-refractivity contribution in [3.8, 4) is 0 Å². The first-order valence-corrected chi connectivity index (χ1v) is 9.59. The molecule has 0 atom stereocenters. The highest BCUT2D eigenvalue weighted by Crippen LogP contribution is 2.29. The number of amides is 1. The first kappa shape index (κ1) is 18.4. The molecule has 0 spiro atoms. The predicted octanol–water partition coefficient (Wildman–Crippen LogP) is 4.97. The van der Waals surface area contributed by atoms with Crippen LogP contribution in [-0.2, 0) is 10.2 Å². The SMILES string of the molecule is Cc1ccccc1NC(=O)CSc1nc(C(C)(C)C)nc2ccccc12. The van der Waals surface area contributed by atoms with E-state index in [1.807, 2.05) is 55.5 Å². The van der Waals surface area contributed by atoms with E-state index in [9.17, 15) is 4.79 Å². The fourth-order valence-electron chi connectivity index (χ4n) is 2.53. The van der Waals surface area contributed by atoms with Crippen LogP contribution in [0, 0.1) is 6.92 Å². The number of benzene rings is 2. The van der Waals surface area contributed by atoms with Crippen molar-refractivity contribution in [1.82, 2.24) is 9.97 Å². The predicted molar refractivity (Wildman–Crippen MR) is 109 cm³/mol. The van der Waals surface area contributed by atoms with Crippen LogP contribution in [0.15, 0.2) is 53.6 Å². The highest BCUT2D eigenvalue weighted by Gasteiger charge is 2.20. The molecule has 5 heteroatoms. The lowest BCUT2D eigenvalue weighted by atomic mass is 9.95. The number of carbonyl (C=O) groups is 1. The van der Waals surface area contributed by atoms with Crippen molar-refractivity contribution < 1.29 is 4.79 Å². The third-order valence-corrected chi connectivity index (χ3v) is 4.99. The summed E-state index contributed by atoms with van der Waals surface area (Å²) in [6, 6.07) is 15.7. The van der Waals surface area contributed by atoms with E-state index in [1.165, 1.54) is 11.8 Å². The molecular formula is C21H23N3OS. The molecule has 0 aliphatic carbocycles. The maximum absolute atomic E-state index is 12.4. The number of rotatable bonds is 4. The minimum Gasteiger partial charge on any atom is -0.325 e. The Morgan fingerprint density at radius 2 is 1.73 bits per heavy atom. The van der Waals surface area contributed by atoms with Gasteiger partial charge in [-0.05, 0) is 24.6 Å². The van der Waals surface area contributed by atoms with E-state index in [4.69, 9.17) is 4.98 Å². The van der Waals surface area contributed by atoms with E-state index in [0.29, 0.717) is 5.75 Å². The number of thioether (sulfide) groups is 1. The Labute approximate surface area is 158 Å². The summed E-state index contributed by atoms with van der Waals surface area (Å²) in [7, 11) is 0. The minimum absolute atomic E-state index is 0.0377. The van der Waals surface area contributed by atoms with Gasteiger partial charge in [0.1, 0.15) is 10.9 Å². The van der Waals surface area contributed by atoms with Gasteiger partial charge in [0.15, 0.2) is 0 Å². The molecule has 1 amide bonds. The summed E-state index contributed by atoms with van der Waals surface area (Å²) in [5.41, 5.74) is 2.66. The molecule has 134 valence electrons. The molecule has 4 nitrogen and oxygen atoms in total. The van der Waals surface area contributed by atoms with Gasteiger partial charge in [-0.3, -0.25) is 4.79 Å². The van der Waals surface area contributed by atoms with Crippen molar-refractivity contribution in [1.29, 1.82) is 0 Å². The maximum atomic E-state index is 12.4. The molecule has 26 heavy (non-hydrogen) atoms. The zero-order valence-electron chi connectivity index (χ0n) is 15.5. The van der Waals surface area contributed by atoms with E-state index >= 15 is 0 Å². The quantitative estimate of drug-likeness (QED) is 0.524. The Kier molecular flexibility index (Phi) is 5.28. The standard InChI is InChI=1S/C21H23N3OS/c1-14-9-5-7-11-16(14)22-18(25)13-26-19-15-10-6-8-12-17(15)23-20(24-19)21(2,3)4/h5-12H,13H2,1-4H3,(H,22,25). The molecular weight excluding hydrogens is 342 g/mol. The number of aromatic nitrogens is 2. The summed E-state index contributed by atoms with van der Waals surface area (Å²) in [5.74, 6) is 1.06. The molecule has 2 aromatic carbocycles. The Morgan fingerprint density at radius 3 is 2.46 bits per heavy atom. The molecule has 0 unspecified atom stereocenters. The van der Waals surface area contributed by atoms with E-state index in [-0.39, 0.29) is 11.3 Å². The average molecular weight is 366 g/mol. The van der Waals surface area contributed by atoms with Crippen molar-refractivity contribution in [3.63, 3.8) is 0 Å². The van der Waals surface area contributed by atoms with Gasteiger partial charge in [0.05, 0.1) is 11.3 Å². The zero-order valence-corrected chi connectivity index (χ0v) is 16.4. The molecule has 1 heterocycles. The van der Waals surface area contributed by atoms with Gasteiger partial charge in [0.2, 0.25) is 5.91 Å². The summed E-state index contributed by atoms with van der Waals surface area (Å²) >= 11 is 1.45. The second-order valence-electron chi connectivity index (χ2n) is 7.27. The second-order valence-corrected chi connectivity index (χ2v) is 8.24. The maximum Gasteiger partial charge on any atom is 0.234 e. The van der Waals surface area contributed by atoms with Gasteiger partial charge in [0, 0.05) is 16.5 Å². The lowest BCUT2D eigenvalue weighted by molar-refractivity contribution is -0.113. The molecule has 1 aromatic heterocycles. The number of anilines is 1. The van der Waals surface area contributed by atoms with Crippen LogP contribution < -0.4 is 5.32 Å². The Bertz CT molecular complexity index is 947. The van der Waals surface area contributed by atoms with Crippen LogP contribution in [0.5, 0.6) is 0 Å². The van der Waals surface area contributed by atoms with Gasteiger partial charge in [-0.1, -0.05) is 68.9 Å². The molecule has 3 aromatic rings. The highest BCUT2D eigenvalue weighted by molar-refractivity contribution is 8.00. The molecule has 3 rings (SSSR count). The monoisotopic (exact) mass is 365 g/mol. The van der Waals surface area contributed by atoms with Crippen LogP contribution in [0.25, 0.3) is 10.9 Å². The first-order valence-electron chi connectivity index (χ1n) is 8.60. The van der Waals surface area contributed by atoms with E-state index in [0.717, 1.165) is 33.0 Å². The Morgan fingerprint density at radius 1 is 1.04 bits per heavy atom. The number of hydrogen-bond acceptors (Lipinski definition) is 4. The first-order chi connectivity index (χ1) is 12.3. The number of aryl methyl sites for hydroxylation is 1.